The number of anilines is 1. The van der Waals surface area contributed by atoms with Gasteiger partial charge in [-0.05, 0) is 30.5 Å². The number of carboxylic acid groups (broad SMARTS) is 1. The Balaban J connectivity index is 1.65. The second kappa shape index (κ2) is 15.1. The molecule has 0 unspecified atom stereocenters. The molecule has 0 aliphatic carbocycles. The summed E-state index contributed by atoms with van der Waals surface area (Å²) >= 11 is 0. The fourth-order valence-corrected chi connectivity index (χ4v) is 4.89. The number of hydrogen-bond acceptors (Lipinski definition) is 8. The molecule has 0 aromatic carbocycles. The molecular weight excluding hydrogens is 542 g/mol. The largest absolute Gasteiger partial charge is 0.477 e. The summed E-state index contributed by atoms with van der Waals surface area (Å²) in [5.41, 5.74) is -1.12. The first-order valence-electron chi connectivity index (χ1n) is 14.1. The molecule has 13 heteroatoms. The van der Waals surface area contributed by atoms with Gasteiger partial charge in [-0.3, -0.25) is 9.36 Å². The zero-order valence-corrected chi connectivity index (χ0v) is 23.1. The van der Waals surface area contributed by atoms with E-state index >= 15 is 0 Å². The van der Waals surface area contributed by atoms with Gasteiger partial charge in [0.25, 0.3) is 5.91 Å². The number of aliphatic hydroxyl groups excluding tert-OH is 2. The average molecular weight is 581 g/mol. The molecule has 2 aromatic heterocycles. The van der Waals surface area contributed by atoms with Gasteiger partial charge in [0.05, 0.1) is 6.61 Å². The highest BCUT2D eigenvalue weighted by Crippen LogP contribution is 2.42. The van der Waals surface area contributed by atoms with Gasteiger partial charge in [-0.1, -0.05) is 64.7 Å². The molecule has 41 heavy (non-hydrogen) atoms. The van der Waals surface area contributed by atoms with Gasteiger partial charge in [-0.2, -0.15) is 13.8 Å². The Bertz CT molecular complexity index is 1240. The minimum atomic E-state index is -3.88. The molecule has 0 bridgehead atoms. The molecular formula is C28H38F2N4O7. The summed E-state index contributed by atoms with van der Waals surface area (Å²) in [5, 5.41) is 30.9. The zero-order valence-electron chi connectivity index (χ0n) is 23.1. The molecule has 3 heterocycles. The summed E-state index contributed by atoms with van der Waals surface area (Å²) in [6.45, 7) is 1.30. The standard InChI is InChI=1S/C28H38F2N4O7/c1-2-3-4-5-6-7-8-9-10-11-12-18-19(13-15-31-22(18)25(38)39)24(37)32-21-14-16-34(27(40)33-21)26-28(29,30)23(36)20(17-35)41-26/h13-16,20,23,26,35-36H,2-12,17H2,1H3,(H,38,39)(H,32,33,37,40)/t20-,23-,26-/m1/s1. The number of carbonyl (C=O) groups is 2. The molecule has 0 spiro atoms. The summed E-state index contributed by atoms with van der Waals surface area (Å²) in [4.78, 5) is 45.0. The summed E-state index contributed by atoms with van der Waals surface area (Å²) in [5.74, 6) is -6.14. The lowest BCUT2D eigenvalue weighted by Crippen LogP contribution is -2.41. The average Bonchev–Trinajstić information content (AvgIpc) is 3.17. The van der Waals surface area contributed by atoms with E-state index in [2.05, 4.69) is 22.2 Å². The van der Waals surface area contributed by atoms with E-state index in [1.165, 1.54) is 44.4 Å². The number of unbranched alkanes of at least 4 members (excludes halogenated alkanes) is 9. The number of aromatic carboxylic acids is 1. The lowest BCUT2D eigenvalue weighted by Gasteiger charge is -2.21. The minimum Gasteiger partial charge on any atom is -0.477 e. The summed E-state index contributed by atoms with van der Waals surface area (Å²) in [6.07, 6.45) is 7.26. The van der Waals surface area contributed by atoms with E-state index in [1.807, 2.05) is 0 Å². The number of rotatable bonds is 16. The van der Waals surface area contributed by atoms with Crippen molar-refractivity contribution in [1.82, 2.24) is 14.5 Å². The SMILES string of the molecule is CCCCCCCCCCCCc1c(C(=O)Nc2ccn([C@@H]3O[C@H](CO)[C@@H](O)C3(F)F)c(=O)n2)ccnc1C(=O)O. The number of ether oxygens (including phenoxy) is 1. The van der Waals surface area contributed by atoms with Crippen LogP contribution in [0, 0.1) is 0 Å². The molecule has 1 aliphatic rings. The van der Waals surface area contributed by atoms with Crippen LogP contribution in [0.25, 0.3) is 0 Å². The number of carbonyl (C=O) groups excluding carboxylic acids is 1. The topological polar surface area (TPSA) is 164 Å². The first-order chi connectivity index (χ1) is 19.6. The molecule has 1 amide bonds. The Morgan fingerprint density at radius 2 is 1.71 bits per heavy atom. The maximum Gasteiger partial charge on any atom is 0.354 e. The number of pyridine rings is 1. The molecule has 2 aromatic rings. The number of alkyl halides is 2. The highest BCUT2D eigenvalue weighted by molar-refractivity contribution is 6.06. The second-order valence-electron chi connectivity index (χ2n) is 10.2. The van der Waals surface area contributed by atoms with Crippen LogP contribution in [0.3, 0.4) is 0 Å². The van der Waals surface area contributed by atoms with Gasteiger partial charge < -0.3 is 25.4 Å². The zero-order chi connectivity index (χ0) is 30.0. The Morgan fingerprint density at radius 3 is 2.27 bits per heavy atom. The van der Waals surface area contributed by atoms with Gasteiger partial charge in [0.15, 0.2) is 11.8 Å². The summed E-state index contributed by atoms with van der Waals surface area (Å²) in [6, 6.07) is 2.47. The highest BCUT2D eigenvalue weighted by atomic mass is 19.3. The Kier molecular flexibility index (Phi) is 11.9. The molecule has 226 valence electrons. The fourth-order valence-electron chi connectivity index (χ4n) is 4.89. The molecule has 0 saturated carbocycles. The van der Waals surface area contributed by atoms with Crippen molar-refractivity contribution in [3.05, 3.63) is 51.8 Å². The van der Waals surface area contributed by atoms with Gasteiger partial charge in [0.1, 0.15) is 11.9 Å². The van der Waals surface area contributed by atoms with Crippen molar-refractivity contribution < 1.29 is 38.4 Å². The quantitative estimate of drug-likeness (QED) is 0.215. The molecule has 0 radical (unpaired) electrons. The van der Waals surface area contributed by atoms with Crippen LogP contribution < -0.4 is 11.0 Å². The summed E-state index contributed by atoms with van der Waals surface area (Å²) in [7, 11) is 0. The van der Waals surface area contributed by atoms with Crippen molar-refractivity contribution >= 4 is 17.7 Å². The van der Waals surface area contributed by atoms with Crippen molar-refractivity contribution in [2.24, 2.45) is 0 Å². The monoisotopic (exact) mass is 580 g/mol. The smallest absolute Gasteiger partial charge is 0.354 e. The number of hydrogen-bond donors (Lipinski definition) is 4. The number of nitrogens with one attached hydrogen (secondary N) is 1. The lowest BCUT2D eigenvalue weighted by molar-refractivity contribution is -0.140. The van der Waals surface area contributed by atoms with E-state index < -0.39 is 48.5 Å². The fraction of sp³-hybridized carbons (Fsp3) is 0.607. The normalized spacial score (nSPS) is 19.8. The molecule has 1 saturated heterocycles. The van der Waals surface area contributed by atoms with Crippen LogP contribution in [0.1, 0.15) is 104 Å². The Labute approximate surface area is 236 Å². The van der Waals surface area contributed by atoms with Crippen LogP contribution in [0.15, 0.2) is 29.3 Å². The van der Waals surface area contributed by atoms with E-state index in [-0.39, 0.29) is 22.6 Å². The van der Waals surface area contributed by atoms with Crippen molar-refractivity contribution in [1.29, 1.82) is 0 Å². The van der Waals surface area contributed by atoms with Crippen LogP contribution in [-0.4, -0.2) is 66.5 Å². The maximum absolute atomic E-state index is 14.4. The number of amides is 1. The number of nitrogens with zero attached hydrogens (tertiary/aromatic N) is 3. The molecule has 4 N–H and O–H groups in total. The van der Waals surface area contributed by atoms with Crippen LogP contribution >= 0.6 is 0 Å². The highest BCUT2D eigenvalue weighted by Gasteiger charge is 2.59. The number of aromatic nitrogens is 3. The second-order valence-corrected chi connectivity index (χ2v) is 10.2. The third-order valence-corrected chi connectivity index (χ3v) is 7.17. The van der Waals surface area contributed by atoms with Gasteiger partial charge in [-0.15, -0.1) is 0 Å². The molecule has 1 fully saturated rings. The van der Waals surface area contributed by atoms with Gasteiger partial charge in [0, 0.05) is 18.0 Å². The minimum absolute atomic E-state index is 0.0545. The van der Waals surface area contributed by atoms with Crippen molar-refractivity contribution in [2.75, 3.05) is 11.9 Å². The van der Waals surface area contributed by atoms with Gasteiger partial charge in [0.2, 0.25) is 6.23 Å². The molecule has 3 rings (SSSR count). The Morgan fingerprint density at radius 1 is 1.07 bits per heavy atom. The van der Waals surface area contributed by atoms with E-state index in [4.69, 9.17) is 9.84 Å². The molecule has 11 nitrogen and oxygen atoms in total. The third kappa shape index (κ3) is 8.14. The van der Waals surface area contributed by atoms with E-state index in [9.17, 15) is 33.4 Å². The van der Waals surface area contributed by atoms with Crippen molar-refractivity contribution in [3.8, 4) is 0 Å². The van der Waals surface area contributed by atoms with Gasteiger partial charge >= 0.3 is 17.6 Å². The van der Waals surface area contributed by atoms with E-state index in [0.717, 1.165) is 37.9 Å². The third-order valence-electron chi connectivity index (χ3n) is 7.17. The predicted molar refractivity (Wildman–Crippen MR) is 145 cm³/mol. The predicted octanol–water partition coefficient (Wildman–Crippen LogP) is 3.94. The van der Waals surface area contributed by atoms with Gasteiger partial charge in [-0.25, -0.2) is 14.6 Å². The van der Waals surface area contributed by atoms with Crippen LogP contribution in [0.5, 0.6) is 0 Å². The van der Waals surface area contributed by atoms with Crippen LogP contribution in [0.4, 0.5) is 14.6 Å². The van der Waals surface area contributed by atoms with E-state index in [0.29, 0.717) is 17.4 Å². The van der Waals surface area contributed by atoms with Crippen LogP contribution in [0.2, 0.25) is 0 Å². The first kappa shape index (κ1) is 32.2. The molecule has 3 atom stereocenters. The number of halogens is 2. The van der Waals surface area contributed by atoms with Crippen molar-refractivity contribution in [3.63, 3.8) is 0 Å². The lowest BCUT2D eigenvalue weighted by atomic mass is 9.98. The Hall–Kier alpha value is -3.29. The molecule has 1 aliphatic heterocycles. The summed E-state index contributed by atoms with van der Waals surface area (Å²) < 4.78 is 34.3. The van der Waals surface area contributed by atoms with E-state index in [1.54, 1.807) is 0 Å². The maximum atomic E-state index is 14.4. The number of carboxylic acids is 1. The number of aliphatic hydroxyl groups is 2. The van der Waals surface area contributed by atoms with Crippen LogP contribution in [-0.2, 0) is 11.2 Å². The first-order valence-corrected chi connectivity index (χ1v) is 14.1. The van der Waals surface area contributed by atoms with Crippen molar-refractivity contribution in [2.45, 2.75) is 102 Å².